The molecule has 0 spiro atoms. The standard InChI is InChI=1S/C26H21FN4O2/c1-16-21-22(17-12-14-19(27)15-13-17)23(28-25(32)18-8-4-2-5-9-18)26(33)29-24(21)31(30-16)20-10-6-3-7-11-20/h2-15,22-23H,1H3,(H,28,32)(H,29,33)/t22-,23-/m0/s1. The third-order valence-corrected chi connectivity index (χ3v) is 5.83. The summed E-state index contributed by atoms with van der Waals surface area (Å²) in [5, 5.41) is 10.5. The van der Waals surface area contributed by atoms with Crippen LogP contribution in [0, 0.1) is 12.7 Å². The number of amides is 2. The molecule has 2 amide bonds. The maximum Gasteiger partial charge on any atom is 0.251 e. The number of nitrogens with zero attached hydrogens (tertiary/aromatic N) is 2. The highest BCUT2D eigenvalue weighted by atomic mass is 19.1. The van der Waals surface area contributed by atoms with Gasteiger partial charge >= 0.3 is 0 Å². The topological polar surface area (TPSA) is 76.0 Å². The lowest BCUT2D eigenvalue weighted by Crippen LogP contribution is -2.50. The Kier molecular flexibility index (Phi) is 5.22. The number of benzene rings is 3. The lowest BCUT2D eigenvalue weighted by atomic mass is 9.82. The van der Waals surface area contributed by atoms with E-state index in [1.165, 1.54) is 12.1 Å². The zero-order chi connectivity index (χ0) is 22.9. The van der Waals surface area contributed by atoms with Crippen molar-refractivity contribution >= 4 is 17.6 Å². The van der Waals surface area contributed by atoms with Gasteiger partial charge in [-0.2, -0.15) is 5.10 Å². The molecule has 3 aromatic carbocycles. The smallest absolute Gasteiger partial charge is 0.251 e. The second-order valence-electron chi connectivity index (χ2n) is 7.93. The number of nitrogens with one attached hydrogen (secondary N) is 2. The van der Waals surface area contributed by atoms with Gasteiger partial charge in [0.1, 0.15) is 17.7 Å². The second kappa shape index (κ2) is 8.35. The first-order chi connectivity index (χ1) is 16.0. The summed E-state index contributed by atoms with van der Waals surface area (Å²) in [6, 6.07) is 23.3. The maximum absolute atomic E-state index is 13.7. The van der Waals surface area contributed by atoms with Crippen LogP contribution in [0.15, 0.2) is 84.9 Å². The first-order valence-corrected chi connectivity index (χ1v) is 10.6. The van der Waals surface area contributed by atoms with E-state index in [9.17, 15) is 14.0 Å². The molecule has 1 aromatic heterocycles. The van der Waals surface area contributed by atoms with Crippen molar-refractivity contribution < 1.29 is 14.0 Å². The molecule has 7 heteroatoms. The van der Waals surface area contributed by atoms with Crippen molar-refractivity contribution in [3.8, 4) is 5.69 Å². The third kappa shape index (κ3) is 3.78. The van der Waals surface area contributed by atoms with Crippen molar-refractivity contribution in [1.29, 1.82) is 0 Å². The average molecular weight is 440 g/mol. The molecule has 0 saturated heterocycles. The highest BCUT2D eigenvalue weighted by molar-refractivity contribution is 6.04. The van der Waals surface area contributed by atoms with Crippen LogP contribution >= 0.6 is 0 Å². The van der Waals surface area contributed by atoms with Crippen LogP contribution in [0.4, 0.5) is 10.2 Å². The fourth-order valence-electron chi connectivity index (χ4n) is 4.29. The van der Waals surface area contributed by atoms with Crippen molar-refractivity contribution in [1.82, 2.24) is 15.1 Å². The number of aryl methyl sites for hydroxylation is 1. The van der Waals surface area contributed by atoms with Crippen LogP contribution in [0.3, 0.4) is 0 Å². The number of carbonyl (C=O) groups is 2. The Morgan fingerprint density at radius 3 is 2.27 bits per heavy atom. The van der Waals surface area contributed by atoms with Gasteiger partial charge < -0.3 is 10.6 Å². The number of hydrogen-bond donors (Lipinski definition) is 2. The Bertz CT molecular complexity index is 1320. The number of para-hydroxylation sites is 1. The zero-order valence-corrected chi connectivity index (χ0v) is 17.8. The van der Waals surface area contributed by atoms with Crippen LogP contribution in [0.25, 0.3) is 5.69 Å². The number of carbonyl (C=O) groups excluding carboxylic acids is 2. The predicted octanol–water partition coefficient (Wildman–Crippen LogP) is 4.20. The van der Waals surface area contributed by atoms with Gasteiger partial charge in [0.15, 0.2) is 0 Å². The van der Waals surface area contributed by atoms with Gasteiger partial charge in [0, 0.05) is 17.0 Å². The molecule has 5 rings (SSSR count). The monoisotopic (exact) mass is 440 g/mol. The molecule has 164 valence electrons. The summed E-state index contributed by atoms with van der Waals surface area (Å²) in [5.41, 5.74) is 3.45. The largest absolute Gasteiger partial charge is 0.339 e. The Labute approximate surface area is 190 Å². The Morgan fingerprint density at radius 1 is 0.970 bits per heavy atom. The lowest BCUT2D eigenvalue weighted by Gasteiger charge is -2.32. The van der Waals surface area contributed by atoms with Crippen molar-refractivity contribution in [2.45, 2.75) is 18.9 Å². The fourth-order valence-corrected chi connectivity index (χ4v) is 4.29. The molecule has 1 aliphatic rings. The van der Waals surface area contributed by atoms with Gasteiger partial charge in [-0.15, -0.1) is 0 Å². The van der Waals surface area contributed by atoms with Gasteiger partial charge in [-0.05, 0) is 48.9 Å². The number of hydrogen-bond acceptors (Lipinski definition) is 3. The van der Waals surface area contributed by atoms with Gasteiger partial charge in [-0.25, -0.2) is 9.07 Å². The summed E-state index contributed by atoms with van der Waals surface area (Å²) in [6.07, 6.45) is 0. The molecule has 4 aromatic rings. The van der Waals surface area contributed by atoms with Crippen LogP contribution in [0.2, 0.25) is 0 Å². The van der Waals surface area contributed by atoms with Crippen LogP contribution in [0.5, 0.6) is 0 Å². The van der Waals surface area contributed by atoms with Gasteiger partial charge in [0.05, 0.1) is 11.4 Å². The summed E-state index contributed by atoms with van der Waals surface area (Å²) in [4.78, 5) is 26.3. The Balaban J connectivity index is 1.63. The highest BCUT2D eigenvalue weighted by Crippen LogP contribution is 2.40. The summed E-state index contributed by atoms with van der Waals surface area (Å²) in [7, 11) is 0. The van der Waals surface area contributed by atoms with Crippen LogP contribution < -0.4 is 10.6 Å². The summed E-state index contributed by atoms with van der Waals surface area (Å²) < 4.78 is 15.4. The summed E-state index contributed by atoms with van der Waals surface area (Å²) in [6.45, 7) is 1.86. The molecule has 0 bridgehead atoms. The van der Waals surface area contributed by atoms with Crippen LogP contribution in [0.1, 0.15) is 33.1 Å². The zero-order valence-electron chi connectivity index (χ0n) is 17.8. The molecule has 0 saturated carbocycles. The van der Waals surface area contributed by atoms with Gasteiger partial charge in [0.25, 0.3) is 5.91 Å². The molecule has 1 aliphatic heterocycles. The molecular formula is C26H21FN4O2. The van der Waals surface area contributed by atoms with Crippen molar-refractivity contribution in [2.75, 3.05) is 5.32 Å². The fraction of sp³-hybridized carbons (Fsp3) is 0.115. The quantitative estimate of drug-likeness (QED) is 0.499. The minimum Gasteiger partial charge on any atom is -0.339 e. The summed E-state index contributed by atoms with van der Waals surface area (Å²) >= 11 is 0. The van der Waals surface area contributed by atoms with Gasteiger partial charge in [0.2, 0.25) is 5.91 Å². The normalized spacial score (nSPS) is 17.2. The van der Waals surface area contributed by atoms with Crippen LogP contribution in [-0.2, 0) is 4.79 Å². The number of rotatable bonds is 4. The second-order valence-corrected chi connectivity index (χ2v) is 7.93. The SMILES string of the molecule is Cc1nn(-c2ccccc2)c2c1[C@H](c1ccc(F)cc1)[C@H](NC(=O)c1ccccc1)C(=O)N2. The predicted molar refractivity (Wildman–Crippen MR) is 123 cm³/mol. The van der Waals surface area contributed by atoms with Crippen molar-refractivity contribution in [2.24, 2.45) is 0 Å². The molecule has 2 N–H and O–H groups in total. The Hall–Kier alpha value is -4.26. The number of fused-ring (bicyclic) bond motifs is 1. The number of aromatic nitrogens is 2. The third-order valence-electron chi connectivity index (χ3n) is 5.83. The summed E-state index contributed by atoms with van der Waals surface area (Å²) in [5.74, 6) is -1.10. The first-order valence-electron chi connectivity index (χ1n) is 10.6. The molecule has 0 unspecified atom stereocenters. The van der Waals surface area contributed by atoms with E-state index in [1.54, 1.807) is 41.1 Å². The number of anilines is 1. The minimum atomic E-state index is -0.900. The van der Waals surface area contributed by atoms with E-state index in [0.29, 0.717) is 22.6 Å². The molecule has 2 heterocycles. The number of halogens is 1. The van der Waals surface area contributed by atoms with E-state index >= 15 is 0 Å². The molecule has 0 radical (unpaired) electrons. The maximum atomic E-state index is 13.7. The van der Waals surface area contributed by atoms with Crippen LogP contribution in [-0.4, -0.2) is 27.6 Å². The molecule has 0 fully saturated rings. The van der Waals surface area contributed by atoms with Crippen molar-refractivity contribution in [3.05, 3.63) is 113 Å². The van der Waals surface area contributed by atoms with E-state index < -0.39 is 12.0 Å². The van der Waals surface area contributed by atoms with Gasteiger partial charge in [-0.3, -0.25) is 9.59 Å². The van der Waals surface area contributed by atoms with E-state index in [0.717, 1.165) is 11.3 Å². The molecular weight excluding hydrogens is 419 g/mol. The van der Waals surface area contributed by atoms with E-state index in [2.05, 4.69) is 15.7 Å². The molecule has 33 heavy (non-hydrogen) atoms. The average Bonchev–Trinajstić information content (AvgIpc) is 3.17. The highest BCUT2D eigenvalue weighted by Gasteiger charge is 2.41. The lowest BCUT2D eigenvalue weighted by molar-refractivity contribution is -0.118. The first kappa shape index (κ1) is 20.6. The molecule has 0 aliphatic carbocycles. The van der Waals surface area contributed by atoms with Gasteiger partial charge in [-0.1, -0.05) is 48.5 Å². The van der Waals surface area contributed by atoms with E-state index in [-0.39, 0.29) is 17.6 Å². The van der Waals surface area contributed by atoms with Crippen molar-refractivity contribution in [3.63, 3.8) is 0 Å². The van der Waals surface area contributed by atoms with E-state index in [4.69, 9.17) is 0 Å². The van der Waals surface area contributed by atoms with E-state index in [1.807, 2.05) is 43.3 Å². The minimum absolute atomic E-state index is 0.362. The Morgan fingerprint density at radius 2 is 1.61 bits per heavy atom. The molecule has 2 atom stereocenters. The molecule has 6 nitrogen and oxygen atoms in total.